The lowest BCUT2D eigenvalue weighted by molar-refractivity contribution is -0.120. The number of benzene rings is 1. The minimum atomic E-state index is -0.260. The number of hydrogen-bond donors (Lipinski definition) is 1. The molecule has 1 aromatic heterocycles. The number of halogens is 1. The lowest BCUT2D eigenvalue weighted by Gasteiger charge is -2.14. The van der Waals surface area contributed by atoms with Crippen LogP contribution in [0.25, 0.3) is 11.3 Å². The van der Waals surface area contributed by atoms with Crippen LogP contribution in [0.15, 0.2) is 34.0 Å². The van der Waals surface area contributed by atoms with Gasteiger partial charge in [0.1, 0.15) is 5.82 Å². The van der Waals surface area contributed by atoms with Gasteiger partial charge in [-0.05, 0) is 44.5 Å². The second-order valence-corrected chi connectivity index (χ2v) is 7.53. The smallest absolute Gasteiger partial charge is 0.233 e. The molecule has 0 radical (unpaired) electrons. The third-order valence-corrected chi connectivity index (χ3v) is 5.34. The van der Waals surface area contributed by atoms with E-state index in [0.717, 1.165) is 22.0 Å². The number of aromatic nitrogens is 1. The van der Waals surface area contributed by atoms with Gasteiger partial charge in [0, 0.05) is 17.0 Å². The quantitative estimate of drug-likeness (QED) is 0.797. The van der Waals surface area contributed by atoms with E-state index < -0.39 is 0 Å². The molecular formula is C16H19FN2OS2. The molecule has 1 aromatic carbocycles. The summed E-state index contributed by atoms with van der Waals surface area (Å²) < 4.78 is 13.8. The average Bonchev–Trinajstić information content (AvgIpc) is 2.96. The predicted octanol–water partition coefficient (Wildman–Crippen LogP) is 4.34. The molecule has 2 unspecified atom stereocenters. The molecule has 6 heteroatoms. The SMILES string of the molecule is CCC(C)NC(=O)C(C)Sc1nc(-c2ccc(F)cc2)cs1. The maximum absolute atomic E-state index is 12.9. The van der Waals surface area contributed by atoms with Crippen molar-refractivity contribution in [2.75, 3.05) is 0 Å². The van der Waals surface area contributed by atoms with Gasteiger partial charge in [0.15, 0.2) is 4.34 Å². The summed E-state index contributed by atoms with van der Waals surface area (Å²) >= 11 is 2.94. The normalized spacial score (nSPS) is 13.6. The Hall–Kier alpha value is -1.40. The number of carbonyl (C=O) groups is 1. The Balaban J connectivity index is 1.99. The number of thiazole rings is 1. The van der Waals surface area contributed by atoms with Gasteiger partial charge in [0.2, 0.25) is 5.91 Å². The van der Waals surface area contributed by atoms with E-state index in [1.807, 2.05) is 26.2 Å². The van der Waals surface area contributed by atoms with Crippen LogP contribution in [0.4, 0.5) is 4.39 Å². The summed E-state index contributed by atoms with van der Waals surface area (Å²) in [5.41, 5.74) is 1.68. The molecule has 2 aromatic rings. The van der Waals surface area contributed by atoms with E-state index in [9.17, 15) is 9.18 Å². The Morgan fingerprint density at radius 1 is 1.36 bits per heavy atom. The second kappa shape index (κ2) is 7.74. The largest absolute Gasteiger partial charge is 0.353 e. The second-order valence-electron chi connectivity index (χ2n) is 5.08. The fourth-order valence-corrected chi connectivity index (χ4v) is 3.71. The van der Waals surface area contributed by atoms with Crippen LogP contribution in [-0.4, -0.2) is 22.2 Å². The predicted molar refractivity (Wildman–Crippen MR) is 90.7 cm³/mol. The molecule has 0 aliphatic carbocycles. The number of thioether (sulfide) groups is 1. The highest BCUT2D eigenvalue weighted by Gasteiger charge is 2.17. The number of carbonyl (C=O) groups excluding carboxylic acids is 1. The summed E-state index contributed by atoms with van der Waals surface area (Å²) in [5, 5.41) is 4.70. The molecule has 118 valence electrons. The lowest BCUT2D eigenvalue weighted by Crippen LogP contribution is -2.37. The molecule has 0 fully saturated rings. The summed E-state index contributed by atoms with van der Waals surface area (Å²) in [4.78, 5) is 16.5. The van der Waals surface area contributed by atoms with Gasteiger partial charge >= 0.3 is 0 Å². The zero-order valence-electron chi connectivity index (χ0n) is 12.8. The summed E-state index contributed by atoms with van der Waals surface area (Å²) in [6, 6.07) is 6.44. The van der Waals surface area contributed by atoms with Crippen molar-refractivity contribution in [3.63, 3.8) is 0 Å². The van der Waals surface area contributed by atoms with E-state index in [1.54, 1.807) is 12.1 Å². The van der Waals surface area contributed by atoms with Crippen molar-refractivity contribution in [3.05, 3.63) is 35.5 Å². The van der Waals surface area contributed by atoms with Crippen LogP contribution in [0, 0.1) is 5.82 Å². The summed E-state index contributed by atoms with van der Waals surface area (Å²) in [5.74, 6) is -0.234. The fraction of sp³-hybridized carbons (Fsp3) is 0.375. The summed E-state index contributed by atoms with van der Waals surface area (Å²) in [6.07, 6.45) is 0.912. The van der Waals surface area contributed by atoms with Gasteiger partial charge in [-0.15, -0.1) is 11.3 Å². The van der Waals surface area contributed by atoms with Crippen LogP contribution in [-0.2, 0) is 4.79 Å². The highest BCUT2D eigenvalue weighted by Crippen LogP contribution is 2.30. The molecule has 0 saturated heterocycles. The molecular weight excluding hydrogens is 319 g/mol. The maximum atomic E-state index is 12.9. The molecule has 0 bridgehead atoms. The number of rotatable bonds is 6. The van der Waals surface area contributed by atoms with Crippen LogP contribution in [0.3, 0.4) is 0 Å². The van der Waals surface area contributed by atoms with Crippen molar-refractivity contribution in [2.24, 2.45) is 0 Å². The molecule has 2 rings (SSSR count). The Morgan fingerprint density at radius 3 is 2.68 bits per heavy atom. The highest BCUT2D eigenvalue weighted by atomic mass is 32.2. The minimum absolute atomic E-state index is 0.0258. The first-order chi connectivity index (χ1) is 10.5. The van der Waals surface area contributed by atoms with Crippen LogP contribution < -0.4 is 5.32 Å². The van der Waals surface area contributed by atoms with Gasteiger partial charge in [0.25, 0.3) is 0 Å². The Morgan fingerprint density at radius 2 is 2.05 bits per heavy atom. The van der Waals surface area contributed by atoms with Gasteiger partial charge in [-0.3, -0.25) is 4.79 Å². The molecule has 1 N–H and O–H groups in total. The third-order valence-electron chi connectivity index (χ3n) is 3.27. The lowest BCUT2D eigenvalue weighted by atomic mass is 10.2. The van der Waals surface area contributed by atoms with E-state index in [0.29, 0.717) is 0 Å². The molecule has 2 atom stereocenters. The molecule has 22 heavy (non-hydrogen) atoms. The van der Waals surface area contributed by atoms with Crippen LogP contribution in [0.1, 0.15) is 27.2 Å². The minimum Gasteiger partial charge on any atom is -0.353 e. The van der Waals surface area contributed by atoms with E-state index in [1.165, 1.54) is 35.2 Å². The molecule has 0 aliphatic rings. The van der Waals surface area contributed by atoms with Gasteiger partial charge in [-0.25, -0.2) is 9.37 Å². The van der Waals surface area contributed by atoms with Crippen molar-refractivity contribution >= 4 is 29.0 Å². The molecule has 0 spiro atoms. The first-order valence-corrected chi connectivity index (χ1v) is 8.94. The average molecular weight is 338 g/mol. The monoisotopic (exact) mass is 338 g/mol. The van der Waals surface area contributed by atoms with Gasteiger partial charge in [0.05, 0.1) is 10.9 Å². The molecule has 0 saturated carbocycles. The first kappa shape index (κ1) is 17.0. The van der Waals surface area contributed by atoms with Gasteiger partial charge in [-0.1, -0.05) is 18.7 Å². The van der Waals surface area contributed by atoms with Crippen molar-refractivity contribution in [2.45, 2.75) is 42.8 Å². The Bertz CT molecular complexity index is 627. The summed E-state index contributed by atoms with van der Waals surface area (Å²) in [6.45, 7) is 5.91. The van der Waals surface area contributed by atoms with E-state index in [-0.39, 0.29) is 23.0 Å². The standard InChI is InChI=1S/C16H19FN2OS2/c1-4-10(2)18-15(20)11(3)22-16-19-14(9-21-16)12-5-7-13(17)8-6-12/h5-11H,4H2,1-3H3,(H,18,20). The van der Waals surface area contributed by atoms with E-state index >= 15 is 0 Å². The first-order valence-electron chi connectivity index (χ1n) is 7.18. The van der Waals surface area contributed by atoms with Crippen LogP contribution in [0.2, 0.25) is 0 Å². The van der Waals surface area contributed by atoms with E-state index in [4.69, 9.17) is 0 Å². The summed E-state index contributed by atoms with van der Waals surface area (Å²) in [7, 11) is 0. The third kappa shape index (κ3) is 4.55. The Labute approximate surface area is 138 Å². The number of hydrogen-bond acceptors (Lipinski definition) is 4. The fourth-order valence-electron chi connectivity index (χ4n) is 1.73. The highest BCUT2D eigenvalue weighted by molar-refractivity contribution is 8.02. The number of nitrogens with one attached hydrogen (secondary N) is 1. The zero-order chi connectivity index (χ0) is 16.1. The molecule has 1 heterocycles. The molecule has 1 amide bonds. The van der Waals surface area contributed by atoms with Gasteiger partial charge in [-0.2, -0.15) is 0 Å². The van der Waals surface area contributed by atoms with Gasteiger partial charge < -0.3 is 5.32 Å². The van der Waals surface area contributed by atoms with E-state index in [2.05, 4.69) is 10.3 Å². The van der Waals surface area contributed by atoms with Crippen molar-refractivity contribution in [3.8, 4) is 11.3 Å². The Kier molecular flexibility index (Phi) is 5.97. The zero-order valence-corrected chi connectivity index (χ0v) is 14.4. The molecule has 0 aliphatic heterocycles. The molecule has 3 nitrogen and oxygen atoms in total. The van der Waals surface area contributed by atoms with Crippen molar-refractivity contribution < 1.29 is 9.18 Å². The van der Waals surface area contributed by atoms with Crippen LogP contribution >= 0.6 is 23.1 Å². The van der Waals surface area contributed by atoms with Crippen LogP contribution in [0.5, 0.6) is 0 Å². The number of nitrogens with zero attached hydrogens (tertiary/aromatic N) is 1. The van der Waals surface area contributed by atoms with Crippen molar-refractivity contribution in [1.29, 1.82) is 0 Å². The topological polar surface area (TPSA) is 42.0 Å². The van der Waals surface area contributed by atoms with Crippen molar-refractivity contribution in [1.82, 2.24) is 10.3 Å². The maximum Gasteiger partial charge on any atom is 0.233 e. The number of amides is 1.